The highest BCUT2D eigenvalue weighted by Gasteiger charge is 2.46. The molecule has 4 atom stereocenters. The standard InChI is InChI=1S/C26H39N7O4/c1-26(2,3)23(33-15-20(29-30-33)16-8-9-16)25(36)31-14-18(34)12-21(31)24(35)28-19-7-5-6-17-13-27-32(22(17)19)10-11-37-4/h13,15-16,18-19,21,23,34H,5-12,14H2,1-4H3,(H,28,35)/t18-,19?,21+,23-/m1/s1. The molecule has 1 unspecified atom stereocenters. The van der Waals surface area contributed by atoms with Crippen molar-refractivity contribution in [3.05, 3.63) is 29.3 Å². The molecule has 37 heavy (non-hydrogen) atoms. The van der Waals surface area contributed by atoms with Gasteiger partial charge in [0, 0.05) is 32.2 Å². The summed E-state index contributed by atoms with van der Waals surface area (Å²) in [5.74, 6) is -0.0348. The van der Waals surface area contributed by atoms with Gasteiger partial charge >= 0.3 is 0 Å². The Kier molecular flexibility index (Phi) is 7.10. The smallest absolute Gasteiger partial charge is 0.248 e. The molecule has 1 saturated heterocycles. The van der Waals surface area contributed by atoms with Crippen molar-refractivity contribution in [2.75, 3.05) is 20.3 Å². The van der Waals surface area contributed by atoms with Crippen LogP contribution in [0.5, 0.6) is 0 Å². The number of ether oxygens (including phenoxy) is 1. The normalized spacial score (nSPS) is 24.7. The van der Waals surface area contributed by atoms with E-state index in [1.54, 1.807) is 16.7 Å². The van der Waals surface area contributed by atoms with E-state index in [2.05, 4.69) is 20.7 Å². The van der Waals surface area contributed by atoms with Crippen molar-refractivity contribution in [3.63, 3.8) is 0 Å². The Morgan fingerprint density at radius 3 is 2.76 bits per heavy atom. The quantitative estimate of drug-likeness (QED) is 0.550. The summed E-state index contributed by atoms with van der Waals surface area (Å²) in [6.45, 7) is 7.22. The van der Waals surface area contributed by atoms with Crippen molar-refractivity contribution < 1.29 is 19.4 Å². The number of fused-ring (bicyclic) bond motifs is 1. The highest BCUT2D eigenvalue weighted by molar-refractivity contribution is 5.90. The van der Waals surface area contributed by atoms with Crippen LogP contribution in [0.4, 0.5) is 0 Å². The molecule has 5 rings (SSSR count). The maximum absolute atomic E-state index is 14.0. The molecule has 1 saturated carbocycles. The fourth-order valence-corrected chi connectivity index (χ4v) is 5.75. The van der Waals surface area contributed by atoms with Crippen LogP contribution in [0.15, 0.2) is 12.4 Å². The van der Waals surface area contributed by atoms with Gasteiger partial charge in [0.2, 0.25) is 11.8 Å². The summed E-state index contributed by atoms with van der Waals surface area (Å²) in [6, 6.07) is -1.58. The topological polar surface area (TPSA) is 127 Å². The monoisotopic (exact) mass is 513 g/mol. The number of nitrogens with one attached hydrogen (secondary N) is 1. The van der Waals surface area contributed by atoms with Crippen molar-refractivity contribution in [1.82, 2.24) is 35.0 Å². The number of aliphatic hydroxyl groups excluding tert-OH is 1. The SMILES string of the molecule is COCCn1ncc2c1C(NC(=O)[C@@H]1C[C@@H](O)CN1C(=O)[C@@H](n1cc(C3CC3)nn1)C(C)(C)C)CCC2. The minimum absolute atomic E-state index is 0.120. The van der Waals surface area contributed by atoms with E-state index in [4.69, 9.17) is 4.74 Å². The lowest BCUT2D eigenvalue weighted by atomic mass is 9.85. The van der Waals surface area contributed by atoms with Gasteiger partial charge in [-0.25, -0.2) is 4.68 Å². The molecule has 2 fully saturated rings. The first-order valence-corrected chi connectivity index (χ1v) is 13.4. The molecule has 2 aromatic heterocycles. The number of rotatable bonds is 8. The minimum atomic E-state index is -0.757. The predicted octanol–water partition coefficient (Wildman–Crippen LogP) is 1.74. The molecule has 2 amide bonds. The second kappa shape index (κ2) is 10.2. The van der Waals surface area contributed by atoms with Crippen LogP contribution >= 0.6 is 0 Å². The average molecular weight is 514 g/mol. The molecule has 0 radical (unpaired) electrons. The summed E-state index contributed by atoms with van der Waals surface area (Å²) < 4.78 is 8.79. The third kappa shape index (κ3) is 5.29. The van der Waals surface area contributed by atoms with Gasteiger partial charge in [-0.2, -0.15) is 5.10 Å². The van der Waals surface area contributed by atoms with Gasteiger partial charge in [-0.15, -0.1) is 5.10 Å². The van der Waals surface area contributed by atoms with E-state index in [0.717, 1.165) is 49.1 Å². The van der Waals surface area contributed by atoms with Gasteiger partial charge in [0.1, 0.15) is 12.1 Å². The second-order valence-electron chi connectivity index (χ2n) is 11.8. The Morgan fingerprint density at radius 2 is 2.05 bits per heavy atom. The lowest BCUT2D eigenvalue weighted by molar-refractivity contribution is -0.144. The number of carbonyl (C=O) groups is 2. The maximum Gasteiger partial charge on any atom is 0.248 e. The van der Waals surface area contributed by atoms with E-state index < -0.39 is 23.6 Å². The fraction of sp³-hybridized carbons (Fsp3) is 0.731. The van der Waals surface area contributed by atoms with Crippen molar-refractivity contribution in [2.24, 2.45) is 5.41 Å². The number of β-amino-alcohol motifs (C(OH)–C–C–N with tert-alkyl or cyclic N) is 1. The predicted molar refractivity (Wildman–Crippen MR) is 135 cm³/mol. The summed E-state index contributed by atoms with van der Waals surface area (Å²) in [6.07, 6.45) is 8.07. The van der Waals surface area contributed by atoms with E-state index >= 15 is 0 Å². The molecule has 2 aromatic rings. The van der Waals surface area contributed by atoms with Crippen molar-refractivity contribution >= 4 is 11.8 Å². The number of likely N-dealkylation sites (tertiary alicyclic amines) is 1. The number of hydrogen-bond acceptors (Lipinski definition) is 7. The summed E-state index contributed by atoms with van der Waals surface area (Å²) in [4.78, 5) is 29.2. The molecule has 0 spiro atoms. The van der Waals surface area contributed by atoms with Crippen LogP contribution in [0.3, 0.4) is 0 Å². The minimum Gasteiger partial charge on any atom is -0.391 e. The number of aromatic nitrogens is 5. The molecular formula is C26H39N7O4. The lowest BCUT2D eigenvalue weighted by Gasteiger charge is -2.35. The van der Waals surface area contributed by atoms with E-state index in [1.807, 2.05) is 37.8 Å². The zero-order valence-corrected chi connectivity index (χ0v) is 22.3. The number of amides is 2. The van der Waals surface area contributed by atoms with Crippen LogP contribution in [0.25, 0.3) is 0 Å². The molecule has 11 heteroatoms. The summed E-state index contributed by atoms with van der Waals surface area (Å²) in [5.41, 5.74) is 2.59. The first kappa shape index (κ1) is 25.8. The van der Waals surface area contributed by atoms with Crippen LogP contribution in [-0.4, -0.2) is 79.0 Å². The molecular weight excluding hydrogens is 474 g/mol. The molecule has 2 aliphatic carbocycles. The van der Waals surface area contributed by atoms with Crippen LogP contribution in [0, 0.1) is 5.41 Å². The van der Waals surface area contributed by atoms with Crippen molar-refractivity contribution in [1.29, 1.82) is 0 Å². The molecule has 3 aliphatic rings. The summed E-state index contributed by atoms with van der Waals surface area (Å²) >= 11 is 0. The van der Waals surface area contributed by atoms with Crippen molar-refractivity contribution in [2.45, 2.75) is 96.0 Å². The first-order valence-electron chi connectivity index (χ1n) is 13.4. The fourth-order valence-electron chi connectivity index (χ4n) is 5.75. The van der Waals surface area contributed by atoms with Crippen molar-refractivity contribution in [3.8, 4) is 0 Å². The van der Waals surface area contributed by atoms with E-state index in [-0.39, 0.29) is 30.8 Å². The number of nitrogens with zero attached hydrogens (tertiary/aromatic N) is 6. The van der Waals surface area contributed by atoms with E-state index in [9.17, 15) is 14.7 Å². The van der Waals surface area contributed by atoms with Crippen LogP contribution in [-0.2, 0) is 27.3 Å². The maximum atomic E-state index is 14.0. The molecule has 2 N–H and O–H groups in total. The van der Waals surface area contributed by atoms with Gasteiger partial charge in [-0.05, 0) is 43.1 Å². The zero-order chi connectivity index (χ0) is 26.3. The number of hydrogen-bond donors (Lipinski definition) is 2. The van der Waals surface area contributed by atoms with Gasteiger partial charge in [-0.1, -0.05) is 26.0 Å². The van der Waals surface area contributed by atoms with Gasteiger partial charge in [0.15, 0.2) is 0 Å². The molecule has 0 aromatic carbocycles. The van der Waals surface area contributed by atoms with E-state index in [1.165, 1.54) is 0 Å². The summed E-state index contributed by atoms with van der Waals surface area (Å²) in [5, 5.41) is 26.9. The van der Waals surface area contributed by atoms with Crippen LogP contribution < -0.4 is 5.32 Å². The largest absolute Gasteiger partial charge is 0.391 e. The number of methoxy groups -OCH3 is 1. The zero-order valence-electron chi connectivity index (χ0n) is 22.3. The Balaban J connectivity index is 1.36. The van der Waals surface area contributed by atoms with Crippen LogP contribution in [0.2, 0.25) is 0 Å². The Labute approximate surface area is 217 Å². The van der Waals surface area contributed by atoms with Gasteiger partial charge in [-0.3, -0.25) is 14.3 Å². The first-order chi connectivity index (χ1) is 17.7. The molecule has 0 bridgehead atoms. The molecule has 1 aliphatic heterocycles. The average Bonchev–Trinajstić information content (AvgIpc) is 3.24. The van der Waals surface area contributed by atoms with Gasteiger partial charge < -0.3 is 20.1 Å². The Hall–Kier alpha value is -2.79. The van der Waals surface area contributed by atoms with Gasteiger partial charge in [0.25, 0.3) is 0 Å². The number of aryl methyl sites for hydroxylation is 1. The molecule has 3 heterocycles. The summed E-state index contributed by atoms with van der Waals surface area (Å²) in [7, 11) is 1.66. The highest BCUT2D eigenvalue weighted by Crippen LogP contribution is 2.40. The van der Waals surface area contributed by atoms with Gasteiger partial charge in [0.05, 0.1) is 42.9 Å². The lowest BCUT2D eigenvalue weighted by Crippen LogP contribution is -2.51. The molecule has 202 valence electrons. The number of aliphatic hydroxyl groups is 1. The number of carbonyl (C=O) groups excluding carboxylic acids is 2. The van der Waals surface area contributed by atoms with Crippen LogP contribution in [0.1, 0.15) is 87.8 Å². The Morgan fingerprint density at radius 1 is 1.27 bits per heavy atom. The van der Waals surface area contributed by atoms with E-state index in [0.29, 0.717) is 19.1 Å². The second-order valence-corrected chi connectivity index (χ2v) is 11.8. The third-order valence-corrected chi connectivity index (χ3v) is 7.76. The molecule has 11 nitrogen and oxygen atoms in total. The third-order valence-electron chi connectivity index (χ3n) is 7.76. The Bertz CT molecular complexity index is 1130. The highest BCUT2D eigenvalue weighted by atomic mass is 16.5.